The average molecular weight is 497 g/mol. The van der Waals surface area contributed by atoms with Gasteiger partial charge in [-0.2, -0.15) is 0 Å². The highest BCUT2D eigenvalue weighted by molar-refractivity contribution is 9.09. The third-order valence-corrected chi connectivity index (χ3v) is 7.93. The minimum Gasteiger partial charge on any atom is -0.303 e. The van der Waals surface area contributed by atoms with Crippen LogP contribution in [0.3, 0.4) is 0 Å². The van der Waals surface area contributed by atoms with Gasteiger partial charge in [0.05, 0.1) is 10.7 Å². The minimum absolute atomic E-state index is 0.187. The van der Waals surface area contributed by atoms with Gasteiger partial charge in [-0.15, -0.1) is 0 Å². The summed E-state index contributed by atoms with van der Waals surface area (Å²) in [5.74, 6) is 1.96. The van der Waals surface area contributed by atoms with Crippen molar-refractivity contribution < 1.29 is 9.59 Å². The number of carbonyl (C=O) groups excluding carboxylic acids is 2. The van der Waals surface area contributed by atoms with E-state index in [-0.39, 0.29) is 11.7 Å². The van der Waals surface area contributed by atoms with Gasteiger partial charge in [0.15, 0.2) is 5.78 Å². The second-order valence-electron chi connectivity index (χ2n) is 8.58. The molecule has 3 aliphatic rings. The Bertz CT molecular complexity index is 755. The van der Waals surface area contributed by atoms with Crippen molar-refractivity contribution in [3.63, 3.8) is 0 Å². The summed E-state index contributed by atoms with van der Waals surface area (Å²) in [6.07, 6.45) is 6.40. The summed E-state index contributed by atoms with van der Waals surface area (Å²) in [6.45, 7) is 2.33. The minimum atomic E-state index is 0.187. The highest BCUT2D eigenvalue weighted by Crippen LogP contribution is 2.51. The molecule has 1 aromatic carbocycles. The number of alkyl halides is 2. The molecular formula is C22H27Br2NO2. The number of halogens is 2. The van der Waals surface area contributed by atoms with Crippen LogP contribution in [-0.2, 0) is 4.79 Å². The summed E-state index contributed by atoms with van der Waals surface area (Å²) in [5, 5.41) is 4.65. The van der Waals surface area contributed by atoms with Gasteiger partial charge < -0.3 is 5.32 Å². The fourth-order valence-corrected chi connectivity index (χ4v) is 6.37. The Morgan fingerprint density at radius 2 is 1.67 bits per heavy atom. The van der Waals surface area contributed by atoms with Gasteiger partial charge in [-0.05, 0) is 67.1 Å². The molecule has 3 unspecified atom stereocenters. The lowest BCUT2D eigenvalue weighted by Gasteiger charge is -2.31. The van der Waals surface area contributed by atoms with Gasteiger partial charge in [-0.25, -0.2) is 0 Å². The number of ketones is 2. The van der Waals surface area contributed by atoms with E-state index in [1.165, 1.54) is 16.7 Å². The van der Waals surface area contributed by atoms with Crippen LogP contribution in [0.1, 0.15) is 90.5 Å². The Hall–Kier alpha value is -0.520. The maximum atomic E-state index is 12.6. The number of nitrogens with one attached hydrogen (secondary N) is 1. The fourth-order valence-electron chi connectivity index (χ4n) is 5.61. The molecule has 3 atom stereocenters. The molecule has 0 amide bonds. The van der Waals surface area contributed by atoms with Gasteiger partial charge in [0, 0.05) is 23.6 Å². The van der Waals surface area contributed by atoms with E-state index in [9.17, 15) is 9.59 Å². The maximum absolute atomic E-state index is 12.6. The van der Waals surface area contributed by atoms with E-state index in [1.54, 1.807) is 0 Å². The van der Waals surface area contributed by atoms with E-state index in [1.807, 2.05) is 0 Å². The Morgan fingerprint density at radius 3 is 2.30 bits per heavy atom. The lowest BCUT2D eigenvalue weighted by atomic mass is 9.74. The predicted molar refractivity (Wildman–Crippen MR) is 115 cm³/mol. The number of piperidine rings is 1. The number of hydrogen-bond donors (Lipinski definition) is 1. The summed E-state index contributed by atoms with van der Waals surface area (Å²) in [6, 6.07) is 4.99. The van der Waals surface area contributed by atoms with Gasteiger partial charge in [0.2, 0.25) is 0 Å². The smallest absolute Gasteiger partial charge is 0.173 e. The molecule has 2 bridgehead atoms. The van der Waals surface area contributed by atoms with Gasteiger partial charge in [-0.1, -0.05) is 50.9 Å². The Balaban J connectivity index is 1.68. The van der Waals surface area contributed by atoms with Crippen LogP contribution < -0.4 is 5.32 Å². The molecule has 5 heteroatoms. The number of Topliss-reactive ketones (excluding diaryl/α,β-unsaturated/α-hetero) is 2. The van der Waals surface area contributed by atoms with E-state index >= 15 is 0 Å². The number of rotatable bonds is 5. The summed E-state index contributed by atoms with van der Waals surface area (Å²) in [5.41, 5.74) is 5.05. The van der Waals surface area contributed by atoms with Crippen molar-refractivity contribution in [3.05, 3.63) is 34.4 Å². The van der Waals surface area contributed by atoms with Crippen LogP contribution >= 0.6 is 31.9 Å². The molecule has 27 heavy (non-hydrogen) atoms. The third kappa shape index (κ3) is 3.60. The molecule has 1 saturated carbocycles. The predicted octanol–water partition coefficient (Wildman–Crippen LogP) is 5.62. The molecule has 1 saturated heterocycles. The van der Waals surface area contributed by atoms with E-state index in [4.69, 9.17) is 0 Å². The lowest BCUT2D eigenvalue weighted by molar-refractivity contribution is -0.121. The van der Waals surface area contributed by atoms with E-state index in [2.05, 4.69) is 56.2 Å². The SMILES string of the molecule is CC1CC2NC(C1)c1c(C3CCC(C(=O)CBr)CC3)ccc(C(=O)CBr)c12. The van der Waals surface area contributed by atoms with Gasteiger partial charge >= 0.3 is 0 Å². The Kier molecular flexibility index (Phi) is 5.92. The molecule has 2 heterocycles. The van der Waals surface area contributed by atoms with Crippen molar-refractivity contribution in [1.29, 1.82) is 0 Å². The maximum Gasteiger partial charge on any atom is 0.173 e. The first-order valence-electron chi connectivity index (χ1n) is 10.1. The van der Waals surface area contributed by atoms with Crippen molar-refractivity contribution >= 4 is 43.4 Å². The van der Waals surface area contributed by atoms with Crippen molar-refractivity contribution in [2.24, 2.45) is 11.8 Å². The summed E-state index contributed by atoms with van der Waals surface area (Å²) in [7, 11) is 0. The molecule has 2 fully saturated rings. The van der Waals surface area contributed by atoms with Crippen molar-refractivity contribution in [1.82, 2.24) is 5.32 Å². The number of hydrogen-bond acceptors (Lipinski definition) is 3. The monoisotopic (exact) mass is 495 g/mol. The number of benzene rings is 1. The molecule has 4 rings (SSSR count). The third-order valence-electron chi connectivity index (χ3n) is 6.87. The first-order chi connectivity index (χ1) is 13.0. The standard InChI is InChI=1S/C22H27Br2NO2/c1-12-8-17-21-15(13-2-4-14(5-3-13)19(26)10-23)6-7-16(20(27)11-24)22(21)18(9-12)25-17/h6-7,12-14,17-18,25H,2-5,8-11H2,1H3. The van der Waals surface area contributed by atoms with Gasteiger partial charge in [-0.3, -0.25) is 9.59 Å². The first-order valence-corrected chi connectivity index (χ1v) is 12.4. The molecule has 1 aromatic rings. The van der Waals surface area contributed by atoms with Crippen molar-refractivity contribution in [3.8, 4) is 0 Å². The van der Waals surface area contributed by atoms with Gasteiger partial charge in [0.1, 0.15) is 5.78 Å². The lowest BCUT2D eigenvalue weighted by Crippen LogP contribution is -2.27. The molecular weight excluding hydrogens is 470 g/mol. The van der Waals surface area contributed by atoms with E-state index < -0.39 is 0 Å². The zero-order chi connectivity index (χ0) is 19.1. The Morgan fingerprint density at radius 1 is 1.00 bits per heavy atom. The van der Waals surface area contributed by atoms with Crippen LogP contribution in [0.2, 0.25) is 0 Å². The van der Waals surface area contributed by atoms with Crippen LogP contribution in [0.25, 0.3) is 0 Å². The molecule has 0 spiro atoms. The zero-order valence-electron chi connectivity index (χ0n) is 15.8. The molecule has 2 aliphatic heterocycles. The zero-order valence-corrected chi connectivity index (χ0v) is 18.9. The Labute approximate surface area is 178 Å². The number of carbonyl (C=O) groups is 2. The highest BCUT2D eigenvalue weighted by atomic mass is 79.9. The second-order valence-corrected chi connectivity index (χ2v) is 9.70. The van der Waals surface area contributed by atoms with Crippen LogP contribution in [0, 0.1) is 11.8 Å². The van der Waals surface area contributed by atoms with Gasteiger partial charge in [0.25, 0.3) is 0 Å². The topological polar surface area (TPSA) is 46.2 Å². The molecule has 146 valence electrons. The number of fused-ring (bicyclic) bond motifs is 5. The first kappa shape index (κ1) is 19.8. The largest absolute Gasteiger partial charge is 0.303 e. The van der Waals surface area contributed by atoms with E-state index in [0.29, 0.717) is 40.4 Å². The second kappa shape index (κ2) is 8.08. The van der Waals surface area contributed by atoms with Crippen LogP contribution in [0.5, 0.6) is 0 Å². The average Bonchev–Trinajstić information content (AvgIpc) is 2.97. The molecule has 1 aliphatic carbocycles. The molecule has 3 nitrogen and oxygen atoms in total. The molecule has 0 radical (unpaired) electrons. The van der Waals surface area contributed by atoms with Crippen molar-refractivity contribution in [2.45, 2.75) is 63.5 Å². The summed E-state index contributed by atoms with van der Waals surface area (Å²) < 4.78 is 0. The van der Waals surface area contributed by atoms with Crippen LogP contribution in [-0.4, -0.2) is 22.2 Å². The molecule has 0 aromatic heterocycles. The van der Waals surface area contributed by atoms with Crippen LogP contribution in [0.15, 0.2) is 12.1 Å². The molecule has 1 N–H and O–H groups in total. The fraction of sp³-hybridized carbons (Fsp3) is 0.636. The normalized spacial score (nSPS) is 32.2. The van der Waals surface area contributed by atoms with Crippen LogP contribution in [0.4, 0.5) is 0 Å². The van der Waals surface area contributed by atoms with E-state index in [0.717, 1.165) is 44.1 Å². The highest BCUT2D eigenvalue weighted by Gasteiger charge is 2.41. The quantitative estimate of drug-likeness (QED) is 0.425. The summed E-state index contributed by atoms with van der Waals surface area (Å²) in [4.78, 5) is 24.6. The summed E-state index contributed by atoms with van der Waals surface area (Å²) >= 11 is 6.68. The van der Waals surface area contributed by atoms with Crippen molar-refractivity contribution in [2.75, 3.05) is 10.7 Å².